The Morgan fingerprint density at radius 2 is 1.73 bits per heavy atom. The Kier molecular flexibility index (Phi) is 7.71. The summed E-state index contributed by atoms with van der Waals surface area (Å²) < 4.78 is 24.6. The molecular weight excluding hydrogens is 464 g/mol. The quantitative estimate of drug-likeness (QED) is 0.501. The third-order valence-corrected chi connectivity index (χ3v) is 6.67. The van der Waals surface area contributed by atoms with Crippen LogP contribution in [0.5, 0.6) is 0 Å². The lowest BCUT2D eigenvalue weighted by Crippen LogP contribution is -2.20. The highest BCUT2D eigenvalue weighted by atomic mass is 79.9. The van der Waals surface area contributed by atoms with Crippen molar-refractivity contribution in [3.05, 3.63) is 56.5 Å². The van der Waals surface area contributed by atoms with Gasteiger partial charge in [-0.25, -0.2) is 0 Å². The molecule has 0 heterocycles. The molecule has 0 aliphatic heterocycles. The van der Waals surface area contributed by atoms with Crippen LogP contribution in [-0.2, 0) is 13.6 Å². The van der Waals surface area contributed by atoms with Crippen LogP contribution in [0, 0.1) is 0 Å². The first-order chi connectivity index (χ1) is 12.3. The standard InChI is InChI=1S/C17H17BrCl2NO4P/c1-3-24-26(23,25-4-2)16-10-12(18)6-8-15(16)21-17(22)11-5-7-13(19)14(20)9-11/h5-10H,3-4H2,1-2H3,(H,21,22). The van der Waals surface area contributed by atoms with Gasteiger partial charge in [0.2, 0.25) is 0 Å². The summed E-state index contributed by atoms with van der Waals surface area (Å²) in [6.07, 6.45) is 0. The Labute approximate surface area is 170 Å². The Bertz CT molecular complexity index is 853. The van der Waals surface area contributed by atoms with Gasteiger partial charge in [0.25, 0.3) is 5.91 Å². The van der Waals surface area contributed by atoms with Crippen molar-refractivity contribution in [2.75, 3.05) is 18.5 Å². The third-order valence-electron chi connectivity index (χ3n) is 3.28. The van der Waals surface area contributed by atoms with E-state index in [1.165, 1.54) is 12.1 Å². The number of rotatable bonds is 7. The lowest BCUT2D eigenvalue weighted by molar-refractivity contribution is 0.102. The molecule has 0 aromatic heterocycles. The summed E-state index contributed by atoms with van der Waals surface area (Å²) in [5.41, 5.74) is 0.644. The molecule has 2 aromatic rings. The first-order valence-electron chi connectivity index (χ1n) is 7.76. The van der Waals surface area contributed by atoms with E-state index in [1.807, 2.05) is 0 Å². The second-order valence-electron chi connectivity index (χ2n) is 5.08. The second-order valence-corrected chi connectivity index (χ2v) is 8.80. The van der Waals surface area contributed by atoms with E-state index in [2.05, 4.69) is 21.2 Å². The molecule has 0 radical (unpaired) electrons. The van der Waals surface area contributed by atoms with E-state index in [9.17, 15) is 9.36 Å². The summed E-state index contributed by atoms with van der Waals surface area (Å²) in [6.45, 7) is 3.84. The van der Waals surface area contributed by atoms with E-state index in [0.717, 1.165) is 0 Å². The summed E-state index contributed by atoms with van der Waals surface area (Å²) in [6, 6.07) is 9.49. The fraction of sp³-hybridized carbons (Fsp3) is 0.235. The number of carbonyl (C=O) groups excluding carboxylic acids is 1. The van der Waals surface area contributed by atoms with Crippen molar-refractivity contribution >= 4 is 63.6 Å². The van der Waals surface area contributed by atoms with E-state index in [-0.39, 0.29) is 23.5 Å². The number of hydrogen-bond acceptors (Lipinski definition) is 4. The minimum absolute atomic E-state index is 0.198. The molecular formula is C17H17BrCl2NO4P. The van der Waals surface area contributed by atoms with Crippen molar-refractivity contribution in [2.45, 2.75) is 13.8 Å². The van der Waals surface area contributed by atoms with Gasteiger partial charge >= 0.3 is 7.60 Å². The molecule has 0 aliphatic carbocycles. The van der Waals surface area contributed by atoms with Crippen LogP contribution in [0.4, 0.5) is 5.69 Å². The van der Waals surface area contributed by atoms with Gasteiger partial charge in [0.05, 0.1) is 34.3 Å². The molecule has 0 fully saturated rings. The molecule has 140 valence electrons. The lowest BCUT2D eigenvalue weighted by atomic mass is 10.2. The average Bonchev–Trinajstić information content (AvgIpc) is 2.59. The molecule has 0 bridgehead atoms. The largest absolute Gasteiger partial charge is 0.363 e. The zero-order chi connectivity index (χ0) is 19.3. The number of amides is 1. The highest BCUT2D eigenvalue weighted by molar-refractivity contribution is 9.10. The summed E-state index contributed by atoms with van der Waals surface area (Å²) in [4.78, 5) is 12.6. The first kappa shape index (κ1) is 21.4. The number of hydrogen-bond donors (Lipinski definition) is 1. The van der Waals surface area contributed by atoms with Gasteiger partial charge in [-0.05, 0) is 50.2 Å². The number of benzene rings is 2. The Hall–Kier alpha value is -0.880. The second kappa shape index (κ2) is 9.36. The molecule has 0 saturated heterocycles. The smallest absolute Gasteiger partial charge is 0.321 e. The van der Waals surface area contributed by atoms with Crippen LogP contribution < -0.4 is 10.6 Å². The maximum absolute atomic E-state index is 13.1. The first-order valence-corrected chi connectivity index (χ1v) is 10.9. The monoisotopic (exact) mass is 479 g/mol. The maximum atomic E-state index is 13.1. The number of nitrogens with one attached hydrogen (secondary N) is 1. The Morgan fingerprint density at radius 1 is 1.08 bits per heavy atom. The average molecular weight is 481 g/mol. The predicted octanol–water partition coefficient (Wildman–Crippen LogP) is 5.90. The molecule has 26 heavy (non-hydrogen) atoms. The van der Waals surface area contributed by atoms with Crippen LogP contribution in [0.25, 0.3) is 0 Å². The molecule has 1 amide bonds. The van der Waals surface area contributed by atoms with Crippen molar-refractivity contribution in [1.29, 1.82) is 0 Å². The summed E-state index contributed by atoms with van der Waals surface area (Å²) in [5.74, 6) is -0.424. The summed E-state index contributed by atoms with van der Waals surface area (Å²) in [5, 5.41) is 3.62. The Balaban J connectivity index is 2.41. The molecule has 0 spiro atoms. The van der Waals surface area contributed by atoms with Crippen LogP contribution in [0.2, 0.25) is 10.0 Å². The fourth-order valence-corrected chi connectivity index (χ4v) is 4.78. The van der Waals surface area contributed by atoms with E-state index in [1.54, 1.807) is 38.1 Å². The van der Waals surface area contributed by atoms with Gasteiger partial charge in [-0.2, -0.15) is 0 Å². The van der Waals surface area contributed by atoms with Gasteiger partial charge in [0.1, 0.15) is 0 Å². The van der Waals surface area contributed by atoms with Crippen molar-refractivity contribution in [1.82, 2.24) is 0 Å². The van der Waals surface area contributed by atoms with Gasteiger partial charge < -0.3 is 14.4 Å². The lowest BCUT2D eigenvalue weighted by Gasteiger charge is -2.20. The van der Waals surface area contributed by atoms with E-state index in [4.69, 9.17) is 32.2 Å². The zero-order valence-electron chi connectivity index (χ0n) is 14.1. The minimum Gasteiger partial charge on any atom is -0.321 e. The minimum atomic E-state index is -3.59. The molecule has 0 unspecified atom stereocenters. The van der Waals surface area contributed by atoms with Gasteiger partial charge in [-0.15, -0.1) is 0 Å². The summed E-state index contributed by atoms with van der Waals surface area (Å²) >= 11 is 15.2. The highest BCUT2D eigenvalue weighted by Crippen LogP contribution is 2.49. The van der Waals surface area contributed by atoms with Gasteiger partial charge in [0.15, 0.2) is 0 Å². The topological polar surface area (TPSA) is 64.6 Å². The fourth-order valence-electron chi connectivity index (χ4n) is 2.19. The van der Waals surface area contributed by atoms with Crippen LogP contribution in [0.15, 0.2) is 40.9 Å². The van der Waals surface area contributed by atoms with Crippen molar-refractivity contribution in [3.63, 3.8) is 0 Å². The molecule has 0 saturated carbocycles. The van der Waals surface area contributed by atoms with Gasteiger partial charge in [0, 0.05) is 10.0 Å². The van der Waals surface area contributed by atoms with Gasteiger partial charge in [-0.1, -0.05) is 39.1 Å². The number of anilines is 1. The van der Waals surface area contributed by atoms with E-state index in [0.29, 0.717) is 20.7 Å². The predicted molar refractivity (Wildman–Crippen MR) is 109 cm³/mol. The Morgan fingerprint density at radius 3 is 2.31 bits per heavy atom. The van der Waals surface area contributed by atoms with Crippen molar-refractivity contribution in [3.8, 4) is 0 Å². The zero-order valence-corrected chi connectivity index (χ0v) is 18.1. The molecule has 9 heteroatoms. The van der Waals surface area contributed by atoms with Crippen LogP contribution in [-0.4, -0.2) is 19.1 Å². The normalized spacial score (nSPS) is 11.4. The molecule has 2 aromatic carbocycles. The number of halogens is 3. The third kappa shape index (κ3) is 5.10. The molecule has 5 nitrogen and oxygen atoms in total. The van der Waals surface area contributed by atoms with Crippen LogP contribution >= 0.6 is 46.7 Å². The van der Waals surface area contributed by atoms with Crippen LogP contribution in [0.3, 0.4) is 0 Å². The van der Waals surface area contributed by atoms with E-state index >= 15 is 0 Å². The van der Waals surface area contributed by atoms with Gasteiger partial charge in [-0.3, -0.25) is 9.36 Å². The molecule has 1 N–H and O–H groups in total. The molecule has 2 rings (SSSR count). The van der Waals surface area contributed by atoms with Crippen molar-refractivity contribution < 1.29 is 18.4 Å². The molecule has 0 atom stereocenters. The van der Waals surface area contributed by atoms with Crippen molar-refractivity contribution in [2.24, 2.45) is 0 Å². The molecule has 0 aliphatic rings. The van der Waals surface area contributed by atoms with E-state index < -0.39 is 13.5 Å². The maximum Gasteiger partial charge on any atom is 0.363 e. The van der Waals surface area contributed by atoms with Crippen LogP contribution in [0.1, 0.15) is 24.2 Å². The SMILES string of the molecule is CCOP(=O)(OCC)c1cc(Br)ccc1NC(=O)c1ccc(Cl)c(Cl)c1. The number of carbonyl (C=O) groups is 1. The summed E-state index contributed by atoms with van der Waals surface area (Å²) in [7, 11) is -3.59. The highest BCUT2D eigenvalue weighted by Gasteiger charge is 2.30.